The van der Waals surface area contributed by atoms with Crippen LogP contribution in [0.3, 0.4) is 0 Å². The van der Waals surface area contributed by atoms with Crippen molar-refractivity contribution in [2.24, 2.45) is 5.92 Å². The maximum atomic E-state index is 11.0. The van der Waals surface area contributed by atoms with E-state index in [-0.39, 0.29) is 5.92 Å². The molecule has 0 aliphatic carbocycles. The van der Waals surface area contributed by atoms with Gasteiger partial charge in [-0.3, -0.25) is 4.79 Å². The van der Waals surface area contributed by atoms with Gasteiger partial charge in [0.05, 0.1) is 12.5 Å². The van der Waals surface area contributed by atoms with Crippen molar-refractivity contribution in [2.45, 2.75) is 26.7 Å². The number of aromatic nitrogens is 2. The van der Waals surface area contributed by atoms with Crippen molar-refractivity contribution < 1.29 is 14.6 Å². The van der Waals surface area contributed by atoms with Gasteiger partial charge in [0.15, 0.2) is 0 Å². The average molecular weight is 265 g/mol. The minimum Gasteiger partial charge on any atom is -0.481 e. The Hall–Kier alpha value is -1.85. The molecule has 0 amide bonds. The van der Waals surface area contributed by atoms with Gasteiger partial charge in [-0.05, 0) is 19.8 Å². The number of ether oxygens (including phenoxy) is 1. The third kappa shape index (κ3) is 3.33. The molecule has 1 fully saturated rings. The van der Waals surface area contributed by atoms with Crippen LogP contribution in [0.4, 0.5) is 5.95 Å². The van der Waals surface area contributed by atoms with Crippen molar-refractivity contribution in [2.75, 3.05) is 24.6 Å². The van der Waals surface area contributed by atoms with Gasteiger partial charge in [-0.25, -0.2) is 4.98 Å². The number of anilines is 1. The molecule has 0 saturated carbocycles. The molecule has 6 nitrogen and oxygen atoms in total. The van der Waals surface area contributed by atoms with Crippen molar-refractivity contribution in [1.82, 2.24) is 9.97 Å². The van der Waals surface area contributed by atoms with E-state index in [9.17, 15) is 4.79 Å². The van der Waals surface area contributed by atoms with Crippen LogP contribution in [0.2, 0.25) is 0 Å². The average Bonchev–Trinajstić information content (AvgIpc) is 2.85. The lowest BCUT2D eigenvalue weighted by Gasteiger charge is -2.17. The monoisotopic (exact) mass is 265 g/mol. The summed E-state index contributed by atoms with van der Waals surface area (Å²) < 4.78 is 5.52. The second kappa shape index (κ2) is 5.86. The molecule has 1 atom stereocenters. The predicted molar refractivity (Wildman–Crippen MR) is 70.5 cm³/mol. The van der Waals surface area contributed by atoms with Crippen LogP contribution in [0.15, 0.2) is 6.07 Å². The SMILES string of the molecule is CCCOc1cc(C)nc(N2CCC(C(=O)O)C2)n1. The van der Waals surface area contributed by atoms with E-state index in [1.807, 2.05) is 18.7 Å². The number of rotatable bonds is 5. The molecule has 1 saturated heterocycles. The van der Waals surface area contributed by atoms with E-state index in [2.05, 4.69) is 9.97 Å². The highest BCUT2D eigenvalue weighted by molar-refractivity contribution is 5.71. The maximum Gasteiger partial charge on any atom is 0.308 e. The van der Waals surface area contributed by atoms with Crippen LogP contribution >= 0.6 is 0 Å². The van der Waals surface area contributed by atoms with Gasteiger partial charge in [0.2, 0.25) is 11.8 Å². The topological polar surface area (TPSA) is 75.5 Å². The Morgan fingerprint density at radius 2 is 2.37 bits per heavy atom. The molecule has 1 aliphatic heterocycles. The van der Waals surface area contributed by atoms with Crippen LogP contribution in [-0.2, 0) is 4.79 Å². The Morgan fingerprint density at radius 1 is 1.58 bits per heavy atom. The first-order valence-electron chi connectivity index (χ1n) is 6.56. The fraction of sp³-hybridized carbons (Fsp3) is 0.615. The summed E-state index contributed by atoms with van der Waals surface area (Å²) in [5.41, 5.74) is 0.829. The number of carboxylic acids is 1. The second-order valence-corrected chi connectivity index (χ2v) is 4.77. The molecule has 104 valence electrons. The fourth-order valence-electron chi connectivity index (χ4n) is 2.09. The van der Waals surface area contributed by atoms with Crippen LogP contribution in [0.25, 0.3) is 0 Å². The Labute approximate surface area is 112 Å². The number of aliphatic carboxylic acids is 1. The summed E-state index contributed by atoms with van der Waals surface area (Å²) in [6, 6.07) is 1.80. The molecule has 19 heavy (non-hydrogen) atoms. The molecule has 1 aromatic heterocycles. The van der Waals surface area contributed by atoms with Crippen LogP contribution < -0.4 is 9.64 Å². The van der Waals surface area contributed by atoms with E-state index >= 15 is 0 Å². The summed E-state index contributed by atoms with van der Waals surface area (Å²) >= 11 is 0. The van der Waals surface area contributed by atoms with Gasteiger partial charge in [0, 0.05) is 24.8 Å². The van der Waals surface area contributed by atoms with Gasteiger partial charge in [0.1, 0.15) is 0 Å². The van der Waals surface area contributed by atoms with Crippen LogP contribution in [-0.4, -0.2) is 40.7 Å². The summed E-state index contributed by atoms with van der Waals surface area (Å²) in [5, 5.41) is 9.01. The van der Waals surface area contributed by atoms with Gasteiger partial charge in [0.25, 0.3) is 0 Å². The highest BCUT2D eigenvalue weighted by Gasteiger charge is 2.29. The zero-order valence-electron chi connectivity index (χ0n) is 11.3. The highest BCUT2D eigenvalue weighted by Crippen LogP contribution is 2.23. The summed E-state index contributed by atoms with van der Waals surface area (Å²) in [6.07, 6.45) is 1.56. The maximum absolute atomic E-state index is 11.0. The second-order valence-electron chi connectivity index (χ2n) is 4.77. The minimum absolute atomic E-state index is 0.330. The first kappa shape index (κ1) is 13.6. The number of hydrogen-bond donors (Lipinski definition) is 1. The van der Waals surface area contributed by atoms with Crippen molar-refractivity contribution in [3.63, 3.8) is 0 Å². The Morgan fingerprint density at radius 3 is 3.00 bits per heavy atom. The zero-order chi connectivity index (χ0) is 13.8. The van der Waals surface area contributed by atoms with Crippen LogP contribution in [0.5, 0.6) is 5.88 Å². The lowest BCUT2D eigenvalue weighted by molar-refractivity contribution is -0.140. The van der Waals surface area contributed by atoms with Crippen molar-refractivity contribution >= 4 is 11.9 Å². The number of carbonyl (C=O) groups is 1. The Bertz CT molecular complexity index is 464. The lowest BCUT2D eigenvalue weighted by atomic mass is 10.1. The number of nitrogens with zero attached hydrogens (tertiary/aromatic N) is 3. The van der Waals surface area contributed by atoms with E-state index in [0.717, 1.165) is 12.1 Å². The van der Waals surface area contributed by atoms with Crippen LogP contribution in [0.1, 0.15) is 25.5 Å². The standard InChI is InChI=1S/C13H19N3O3/c1-3-6-19-11-7-9(2)14-13(15-11)16-5-4-10(8-16)12(17)18/h7,10H,3-6,8H2,1-2H3,(H,17,18). The van der Waals surface area contributed by atoms with Gasteiger partial charge in [-0.2, -0.15) is 4.98 Å². The number of aryl methyl sites for hydroxylation is 1. The molecule has 2 rings (SSSR count). The van der Waals surface area contributed by atoms with Crippen molar-refractivity contribution in [3.8, 4) is 5.88 Å². The van der Waals surface area contributed by atoms with E-state index in [1.165, 1.54) is 0 Å². The highest BCUT2D eigenvalue weighted by atomic mass is 16.5. The zero-order valence-corrected chi connectivity index (χ0v) is 11.3. The summed E-state index contributed by atoms with van der Waals surface area (Å²) in [6.45, 7) is 5.68. The largest absolute Gasteiger partial charge is 0.481 e. The fourth-order valence-corrected chi connectivity index (χ4v) is 2.09. The Balaban J connectivity index is 2.11. The van der Waals surface area contributed by atoms with Gasteiger partial charge in [-0.15, -0.1) is 0 Å². The number of carboxylic acid groups (broad SMARTS) is 1. The quantitative estimate of drug-likeness (QED) is 0.869. The summed E-state index contributed by atoms with van der Waals surface area (Å²) in [4.78, 5) is 21.6. The molecule has 0 bridgehead atoms. The molecule has 1 aliphatic rings. The predicted octanol–water partition coefficient (Wildman–Crippen LogP) is 1.48. The van der Waals surface area contributed by atoms with Gasteiger partial charge >= 0.3 is 5.97 Å². The first-order chi connectivity index (χ1) is 9.10. The number of hydrogen-bond acceptors (Lipinski definition) is 5. The van der Waals surface area contributed by atoms with E-state index in [1.54, 1.807) is 6.07 Å². The first-order valence-corrected chi connectivity index (χ1v) is 6.56. The van der Waals surface area contributed by atoms with E-state index in [4.69, 9.17) is 9.84 Å². The normalized spacial score (nSPS) is 18.6. The van der Waals surface area contributed by atoms with Crippen molar-refractivity contribution in [1.29, 1.82) is 0 Å². The molecular formula is C13H19N3O3. The molecule has 2 heterocycles. The third-order valence-corrected chi connectivity index (χ3v) is 3.09. The third-order valence-electron chi connectivity index (χ3n) is 3.09. The van der Waals surface area contributed by atoms with Crippen LogP contribution in [0, 0.1) is 12.8 Å². The van der Waals surface area contributed by atoms with Crippen molar-refractivity contribution in [3.05, 3.63) is 11.8 Å². The molecule has 0 radical (unpaired) electrons. The van der Waals surface area contributed by atoms with Gasteiger partial charge in [-0.1, -0.05) is 6.92 Å². The molecule has 1 aromatic rings. The molecular weight excluding hydrogens is 246 g/mol. The summed E-state index contributed by atoms with van der Waals surface area (Å²) in [7, 11) is 0. The molecule has 1 N–H and O–H groups in total. The molecule has 6 heteroatoms. The summed E-state index contributed by atoms with van der Waals surface area (Å²) in [5.74, 6) is 0.0414. The minimum atomic E-state index is -0.752. The lowest BCUT2D eigenvalue weighted by Crippen LogP contribution is -2.24. The van der Waals surface area contributed by atoms with Gasteiger partial charge < -0.3 is 14.7 Å². The Kier molecular flexibility index (Phi) is 4.19. The smallest absolute Gasteiger partial charge is 0.308 e. The molecule has 1 unspecified atom stereocenters. The van der Waals surface area contributed by atoms with E-state index < -0.39 is 5.97 Å². The van der Waals surface area contributed by atoms with E-state index in [0.29, 0.717) is 37.9 Å². The molecule has 0 aromatic carbocycles. The molecule has 0 spiro atoms.